The van der Waals surface area contributed by atoms with Crippen LogP contribution in [0.25, 0.3) is 0 Å². The lowest BCUT2D eigenvalue weighted by molar-refractivity contribution is -0.121. The Morgan fingerprint density at radius 3 is 2.10 bits per heavy atom. The standard InChI is InChI=1S/C20H18Cl2N4O3/c1-11(25-26-15-8-4-13(22)5-9-15)18-19(28)16(24-20(18)29)10-17(27)23-14-6-2-12(21)3-7-14/h2-9,16,25-26H,10H2,1H3,(H,23,27)(H,24,29). The number of rotatable bonds is 6. The van der Waals surface area contributed by atoms with Crippen molar-refractivity contribution >= 4 is 52.2 Å². The molecule has 2 amide bonds. The summed E-state index contributed by atoms with van der Waals surface area (Å²) >= 11 is 11.6. The van der Waals surface area contributed by atoms with E-state index in [9.17, 15) is 14.4 Å². The predicted molar refractivity (Wildman–Crippen MR) is 113 cm³/mol. The van der Waals surface area contributed by atoms with Crippen LogP contribution in [-0.2, 0) is 14.4 Å². The van der Waals surface area contributed by atoms with Gasteiger partial charge in [-0.1, -0.05) is 23.2 Å². The van der Waals surface area contributed by atoms with Crippen LogP contribution in [-0.4, -0.2) is 23.6 Å². The molecule has 0 saturated carbocycles. The lowest BCUT2D eigenvalue weighted by Crippen LogP contribution is -2.33. The molecule has 0 aromatic heterocycles. The molecule has 2 aromatic rings. The fraction of sp³-hybridized carbons (Fsp3) is 0.150. The maximum absolute atomic E-state index is 12.6. The molecule has 4 N–H and O–H groups in total. The highest BCUT2D eigenvalue weighted by Crippen LogP contribution is 2.19. The highest BCUT2D eigenvalue weighted by atomic mass is 35.5. The first-order chi connectivity index (χ1) is 13.8. The lowest BCUT2D eigenvalue weighted by Gasteiger charge is -2.11. The van der Waals surface area contributed by atoms with Crippen LogP contribution in [0.2, 0.25) is 10.0 Å². The minimum absolute atomic E-state index is 0.0178. The molecule has 2 aromatic carbocycles. The van der Waals surface area contributed by atoms with Crippen molar-refractivity contribution in [1.82, 2.24) is 10.7 Å². The van der Waals surface area contributed by atoms with Crippen LogP contribution >= 0.6 is 23.2 Å². The number of ketones is 1. The van der Waals surface area contributed by atoms with E-state index in [2.05, 4.69) is 21.5 Å². The van der Waals surface area contributed by atoms with Gasteiger partial charge in [0.25, 0.3) is 5.91 Å². The van der Waals surface area contributed by atoms with Gasteiger partial charge in [-0.05, 0) is 55.5 Å². The summed E-state index contributed by atoms with van der Waals surface area (Å²) in [6, 6.07) is 12.6. The van der Waals surface area contributed by atoms with Gasteiger partial charge in [0.2, 0.25) is 5.91 Å². The third kappa shape index (κ3) is 5.28. The minimum atomic E-state index is -0.919. The van der Waals surface area contributed by atoms with E-state index in [0.29, 0.717) is 27.1 Å². The third-order valence-electron chi connectivity index (χ3n) is 4.23. The average Bonchev–Trinajstić information content (AvgIpc) is 2.96. The van der Waals surface area contributed by atoms with Gasteiger partial charge in [-0.3, -0.25) is 14.4 Å². The van der Waals surface area contributed by atoms with Crippen molar-refractivity contribution < 1.29 is 14.4 Å². The van der Waals surface area contributed by atoms with Gasteiger partial charge in [0.15, 0.2) is 5.78 Å². The molecule has 0 bridgehead atoms. The number of hydrazine groups is 1. The average molecular weight is 433 g/mol. The quantitative estimate of drug-likeness (QED) is 0.318. The molecule has 0 spiro atoms. The smallest absolute Gasteiger partial charge is 0.257 e. The van der Waals surface area contributed by atoms with Crippen LogP contribution in [0, 0.1) is 0 Å². The van der Waals surface area contributed by atoms with Crippen molar-refractivity contribution in [3.63, 3.8) is 0 Å². The summed E-state index contributed by atoms with van der Waals surface area (Å²) in [5.41, 5.74) is 7.32. The molecule has 1 fully saturated rings. The number of hydrogen-bond acceptors (Lipinski definition) is 5. The van der Waals surface area contributed by atoms with Gasteiger partial charge < -0.3 is 21.5 Å². The van der Waals surface area contributed by atoms with E-state index < -0.39 is 23.6 Å². The minimum Gasteiger partial charge on any atom is -0.341 e. The molecule has 1 atom stereocenters. The van der Waals surface area contributed by atoms with Crippen LogP contribution in [0.5, 0.6) is 0 Å². The SMILES string of the molecule is CC(NNc1ccc(Cl)cc1)=C1C(=O)NC(CC(=O)Nc2ccc(Cl)cc2)C1=O. The van der Waals surface area contributed by atoms with Crippen molar-refractivity contribution in [3.05, 3.63) is 69.8 Å². The van der Waals surface area contributed by atoms with Gasteiger partial charge in [-0.15, -0.1) is 0 Å². The van der Waals surface area contributed by atoms with E-state index in [1.54, 1.807) is 55.5 Å². The molecule has 1 aliphatic heterocycles. The number of carbonyl (C=O) groups excluding carboxylic acids is 3. The molecular formula is C20H18Cl2N4O3. The largest absolute Gasteiger partial charge is 0.341 e. The second kappa shape index (κ2) is 8.98. The molecule has 3 rings (SSSR count). The Morgan fingerprint density at radius 2 is 1.52 bits per heavy atom. The fourth-order valence-electron chi connectivity index (χ4n) is 2.77. The van der Waals surface area contributed by atoms with Crippen molar-refractivity contribution in [2.45, 2.75) is 19.4 Å². The first-order valence-electron chi connectivity index (χ1n) is 8.72. The Labute approximate surface area is 177 Å². The van der Waals surface area contributed by atoms with E-state index in [-0.39, 0.29) is 12.0 Å². The highest BCUT2D eigenvalue weighted by molar-refractivity contribution is 6.31. The zero-order valence-electron chi connectivity index (χ0n) is 15.4. The van der Waals surface area contributed by atoms with Gasteiger partial charge in [-0.25, -0.2) is 0 Å². The number of Topliss-reactive ketones (excluding diaryl/α,β-unsaturated/α-hetero) is 1. The molecule has 0 radical (unpaired) electrons. The summed E-state index contributed by atoms with van der Waals surface area (Å²) in [6.45, 7) is 1.60. The van der Waals surface area contributed by atoms with Crippen molar-refractivity contribution in [2.75, 3.05) is 10.7 Å². The number of carbonyl (C=O) groups is 3. The van der Waals surface area contributed by atoms with Crippen LogP contribution in [0.4, 0.5) is 11.4 Å². The van der Waals surface area contributed by atoms with Gasteiger partial charge in [-0.2, -0.15) is 0 Å². The van der Waals surface area contributed by atoms with Crippen LogP contribution in [0.15, 0.2) is 59.8 Å². The fourth-order valence-corrected chi connectivity index (χ4v) is 3.03. The molecule has 1 unspecified atom stereocenters. The molecule has 1 heterocycles. The maximum atomic E-state index is 12.6. The number of hydrogen-bond donors (Lipinski definition) is 4. The van der Waals surface area contributed by atoms with E-state index in [1.807, 2.05) is 0 Å². The molecule has 1 saturated heterocycles. The Kier molecular flexibility index (Phi) is 6.41. The Hall–Kier alpha value is -3.03. The summed E-state index contributed by atoms with van der Waals surface area (Å²) in [7, 11) is 0. The summed E-state index contributed by atoms with van der Waals surface area (Å²) in [5.74, 6) is -1.36. The second-order valence-corrected chi connectivity index (χ2v) is 7.28. The van der Waals surface area contributed by atoms with Crippen molar-refractivity contribution in [3.8, 4) is 0 Å². The van der Waals surface area contributed by atoms with Crippen molar-refractivity contribution in [1.29, 1.82) is 0 Å². The topological polar surface area (TPSA) is 99.3 Å². The molecule has 150 valence electrons. The van der Waals surface area contributed by atoms with Gasteiger partial charge in [0.1, 0.15) is 11.6 Å². The summed E-state index contributed by atoms with van der Waals surface area (Å²) < 4.78 is 0. The number of allylic oxidation sites excluding steroid dienone is 1. The number of anilines is 2. The molecule has 9 heteroatoms. The maximum Gasteiger partial charge on any atom is 0.257 e. The third-order valence-corrected chi connectivity index (χ3v) is 4.73. The molecular weight excluding hydrogens is 415 g/mol. The van der Waals surface area contributed by atoms with E-state index in [4.69, 9.17) is 23.2 Å². The zero-order chi connectivity index (χ0) is 21.0. The number of halogens is 2. The number of amides is 2. The first-order valence-corrected chi connectivity index (χ1v) is 9.48. The van der Waals surface area contributed by atoms with Gasteiger partial charge in [0.05, 0.1) is 12.1 Å². The van der Waals surface area contributed by atoms with Gasteiger partial charge >= 0.3 is 0 Å². The Morgan fingerprint density at radius 1 is 0.966 bits per heavy atom. The van der Waals surface area contributed by atoms with E-state index in [1.165, 1.54) is 0 Å². The summed E-state index contributed by atoms with van der Waals surface area (Å²) in [5, 5.41) is 6.36. The Balaban J connectivity index is 1.61. The van der Waals surface area contributed by atoms with E-state index >= 15 is 0 Å². The predicted octanol–water partition coefficient (Wildman–Crippen LogP) is 3.28. The normalized spacial score (nSPS) is 17.6. The second-order valence-electron chi connectivity index (χ2n) is 6.41. The summed E-state index contributed by atoms with van der Waals surface area (Å²) in [6.07, 6.45) is -0.172. The molecule has 7 nitrogen and oxygen atoms in total. The van der Waals surface area contributed by atoms with E-state index in [0.717, 1.165) is 0 Å². The van der Waals surface area contributed by atoms with Crippen LogP contribution < -0.4 is 21.5 Å². The molecule has 1 aliphatic rings. The highest BCUT2D eigenvalue weighted by Gasteiger charge is 2.38. The molecule has 0 aliphatic carbocycles. The first kappa shape index (κ1) is 20.7. The number of benzene rings is 2. The monoisotopic (exact) mass is 432 g/mol. The summed E-state index contributed by atoms with van der Waals surface area (Å²) in [4.78, 5) is 37.1. The van der Waals surface area contributed by atoms with Crippen molar-refractivity contribution in [2.24, 2.45) is 0 Å². The van der Waals surface area contributed by atoms with Gasteiger partial charge in [0, 0.05) is 21.4 Å². The lowest BCUT2D eigenvalue weighted by atomic mass is 10.1. The zero-order valence-corrected chi connectivity index (χ0v) is 16.9. The number of nitrogens with one attached hydrogen (secondary N) is 4. The Bertz CT molecular complexity index is 972. The molecule has 29 heavy (non-hydrogen) atoms. The van der Waals surface area contributed by atoms with Crippen LogP contribution in [0.3, 0.4) is 0 Å². The van der Waals surface area contributed by atoms with Crippen LogP contribution in [0.1, 0.15) is 13.3 Å².